The molecule has 0 bridgehead atoms. The molecular formula is C19H18N3O12PS2. The minimum Gasteiger partial charge on any atom is -0.505 e. The van der Waals surface area contributed by atoms with E-state index in [2.05, 4.69) is 10.2 Å². The van der Waals surface area contributed by atoms with Gasteiger partial charge in [0.15, 0.2) is 5.75 Å². The highest BCUT2D eigenvalue weighted by molar-refractivity contribution is 7.86. The number of nitrogens with one attached hydrogen (secondary N) is 1. The van der Waals surface area contributed by atoms with Gasteiger partial charge in [0.05, 0.1) is 23.4 Å². The molecule has 0 aromatic heterocycles. The molecule has 6 N–H and O–H groups in total. The lowest BCUT2D eigenvalue weighted by Crippen LogP contribution is -2.17. The minimum absolute atomic E-state index is 0.165. The number of nitrogens with zero attached hydrogens (tertiary/aromatic N) is 2. The molecule has 0 aliphatic carbocycles. The quantitative estimate of drug-likeness (QED) is 0.129. The molecule has 3 aromatic carbocycles. The molecule has 0 heterocycles. The van der Waals surface area contributed by atoms with Crippen LogP contribution in [0.2, 0.25) is 0 Å². The Labute approximate surface area is 209 Å². The van der Waals surface area contributed by atoms with Crippen LogP contribution in [0.15, 0.2) is 62.5 Å². The minimum atomic E-state index is -5.11. The lowest BCUT2D eigenvalue weighted by molar-refractivity contribution is -0.114. The normalized spacial score (nSPS) is 12.7. The maximum absolute atomic E-state index is 12.1. The molecule has 3 aromatic rings. The number of rotatable bonds is 8. The Morgan fingerprint density at radius 1 is 1.00 bits per heavy atom. The van der Waals surface area contributed by atoms with E-state index in [0.717, 1.165) is 6.07 Å². The number of methoxy groups -OCH3 is 1. The first-order valence-electron chi connectivity index (χ1n) is 9.68. The Kier molecular flexibility index (Phi) is 7.71. The van der Waals surface area contributed by atoms with Crippen molar-refractivity contribution in [2.75, 3.05) is 18.6 Å². The van der Waals surface area contributed by atoms with Crippen molar-refractivity contribution in [1.29, 1.82) is 0 Å². The van der Waals surface area contributed by atoms with Crippen molar-refractivity contribution >= 4 is 61.6 Å². The third-order valence-corrected chi connectivity index (χ3v) is 7.06. The molecule has 0 aliphatic heterocycles. The molecule has 18 heteroatoms. The van der Waals surface area contributed by atoms with Gasteiger partial charge in [-0.25, -0.2) is 0 Å². The molecule has 0 fully saturated rings. The number of hydrogen-bond donors (Lipinski definition) is 6. The predicted octanol–water partition coefficient (Wildman–Crippen LogP) is 2.58. The summed E-state index contributed by atoms with van der Waals surface area (Å²) in [6.45, 7) is 0. The van der Waals surface area contributed by atoms with Crippen LogP contribution in [0.1, 0.15) is 0 Å². The lowest BCUT2D eigenvalue weighted by atomic mass is 10.1. The maximum Gasteiger partial charge on any atom is 0.334 e. The van der Waals surface area contributed by atoms with E-state index in [1.165, 1.54) is 31.4 Å². The Balaban J connectivity index is 2.31. The Morgan fingerprint density at radius 3 is 2.14 bits per heavy atom. The summed E-state index contributed by atoms with van der Waals surface area (Å²) in [5.41, 5.74) is -1.22. The standard InChI is InChI=1S/C19H18N3O12PS2/c1-34-12-4-2-11(3-5-12)21-22-18-15(37(31,32)33)7-10-6-13(36(28,29)30)8-14(17(10)19(18)24)20-16(23)9-35(25,26)27/h2-8,24H,9H2,1H3,(H,20,23)(H2,25,26,27)(H,28,29,30)(H,31,32,33)/b22-21+. The Hall–Kier alpha value is -3.44. The van der Waals surface area contributed by atoms with Gasteiger partial charge in [0, 0.05) is 5.39 Å². The van der Waals surface area contributed by atoms with Crippen LogP contribution >= 0.6 is 7.60 Å². The van der Waals surface area contributed by atoms with E-state index < -0.39 is 77.6 Å². The topological polar surface area (TPSA) is 250 Å². The average Bonchev–Trinajstić information content (AvgIpc) is 2.75. The molecule has 0 radical (unpaired) electrons. The highest BCUT2D eigenvalue weighted by Gasteiger charge is 2.27. The zero-order chi connectivity index (χ0) is 27.8. The lowest BCUT2D eigenvalue weighted by Gasteiger charge is -2.15. The summed E-state index contributed by atoms with van der Waals surface area (Å²) >= 11 is 0. The van der Waals surface area contributed by atoms with Gasteiger partial charge in [-0.3, -0.25) is 18.5 Å². The van der Waals surface area contributed by atoms with Gasteiger partial charge in [-0.1, -0.05) is 0 Å². The van der Waals surface area contributed by atoms with Gasteiger partial charge in [-0.05, 0) is 47.9 Å². The summed E-state index contributed by atoms with van der Waals surface area (Å²) < 4.78 is 82.9. The number of carbonyl (C=O) groups excluding carboxylic acids is 1. The molecule has 3 rings (SSSR count). The van der Waals surface area contributed by atoms with Crippen molar-refractivity contribution in [2.24, 2.45) is 10.2 Å². The predicted molar refractivity (Wildman–Crippen MR) is 128 cm³/mol. The van der Waals surface area contributed by atoms with Crippen LogP contribution in [0.25, 0.3) is 10.8 Å². The zero-order valence-corrected chi connectivity index (χ0v) is 21.0. The molecule has 0 spiro atoms. The number of azo groups is 1. The highest BCUT2D eigenvalue weighted by atomic mass is 32.2. The van der Waals surface area contributed by atoms with Gasteiger partial charge in [-0.15, -0.1) is 5.11 Å². The molecule has 0 unspecified atom stereocenters. The number of hydrogen-bond acceptors (Lipinski definition) is 10. The molecule has 198 valence electrons. The van der Waals surface area contributed by atoms with E-state index in [9.17, 15) is 40.4 Å². The van der Waals surface area contributed by atoms with E-state index in [4.69, 9.17) is 14.5 Å². The second-order valence-corrected chi connectivity index (χ2v) is 11.8. The van der Waals surface area contributed by atoms with Crippen molar-refractivity contribution in [2.45, 2.75) is 9.79 Å². The second kappa shape index (κ2) is 10.1. The van der Waals surface area contributed by atoms with Crippen LogP contribution in [0.4, 0.5) is 17.1 Å². The summed E-state index contributed by atoms with van der Waals surface area (Å²) in [6, 6.07) is 7.95. The number of fused-ring (bicyclic) bond motifs is 1. The number of ether oxygens (including phenoxy) is 1. The first kappa shape index (κ1) is 28.1. The summed E-state index contributed by atoms with van der Waals surface area (Å²) in [7, 11) is -13.5. The molecule has 37 heavy (non-hydrogen) atoms. The average molecular weight is 575 g/mol. The molecule has 0 aliphatic rings. The van der Waals surface area contributed by atoms with Gasteiger partial charge in [0.25, 0.3) is 20.2 Å². The van der Waals surface area contributed by atoms with Crippen molar-refractivity contribution in [3.05, 3.63) is 42.5 Å². The first-order chi connectivity index (χ1) is 17.0. The van der Waals surface area contributed by atoms with E-state index in [0.29, 0.717) is 17.9 Å². The first-order valence-corrected chi connectivity index (χ1v) is 14.4. The second-order valence-electron chi connectivity index (χ2n) is 7.36. The number of aromatic hydroxyl groups is 1. The van der Waals surface area contributed by atoms with Crippen molar-refractivity contribution in [1.82, 2.24) is 0 Å². The van der Waals surface area contributed by atoms with Gasteiger partial charge < -0.3 is 24.9 Å². The van der Waals surface area contributed by atoms with Crippen LogP contribution in [0, 0.1) is 0 Å². The zero-order valence-electron chi connectivity index (χ0n) is 18.5. The number of amides is 1. The Bertz CT molecular complexity index is 1680. The third-order valence-electron chi connectivity index (χ3n) is 4.66. The number of anilines is 1. The van der Waals surface area contributed by atoms with Crippen LogP contribution in [0.3, 0.4) is 0 Å². The van der Waals surface area contributed by atoms with E-state index in [1.807, 2.05) is 5.32 Å². The van der Waals surface area contributed by atoms with Gasteiger partial charge in [0.2, 0.25) is 5.91 Å². The van der Waals surface area contributed by atoms with Gasteiger partial charge in [0.1, 0.15) is 22.5 Å². The monoisotopic (exact) mass is 575 g/mol. The van der Waals surface area contributed by atoms with Crippen LogP contribution < -0.4 is 10.1 Å². The molecule has 1 amide bonds. The number of phenols is 1. The third kappa shape index (κ3) is 6.86. The van der Waals surface area contributed by atoms with Crippen molar-refractivity contribution in [3.8, 4) is 11.5 Å². The van der Waals surface area contributed by atoms with Crippen molar-refractivity contribution < 1.29 is 54.9 Å². The fourth-order valence-electron chi connectivity index (χ4n) is 3.13. The molecule has 0 saturated heterocycles. The van der Waals surface area contributed by atoms with E-state index in [-0.39, 0.29) is 5.69 Å². The molecule has 0 saturated carbocycles. The SMILES string of the molecule is COc1ccc(/N=N/c2c(S(=O)(=O)O)cc3cc(S(=O)(=O)O)cc(NC(=O)CP(=O)(O)O)c3c2O)cc1. The molecule has 15 nitrogen and oxygen atoms in total. The van der Waals surface area contributed by atoms with Gasteiger partial charge in [-0.2, -0.15) is 21.9 Å². The number of benzene rings is 3. The van der Waals surface area contributed by atoms with Crippen LogP contribution in [-0.2, 0) is 29.6 Å². The molecule has 0 atom stereocenters. The number of carbonyl (C=O) groups is 1. The highest BCUT2D eigenvalue weighted by Crippen LogP contribution is 2.45. The summed E-state index contributed by atoms with van der Waals surface area (Å²) in [5.74, 6) is -1.84. The largest absolute Gasteiger partial charge is 0.505 e. The summed E-state index contributed by atoms with van der Waals surface area (Å²) in [4.78, 5) is 28.3. The van der Waals surface area contributed by atoms with Gasteiger partial charge >= 0.3 is 7.60 Å². The summed E-state index contributed by atoms with van der Waals surface area (Å²) in [6.07, 6.45) is -1.32. The smallest absolute Gasteiger partial charge is 0.334 e. The van der Waals surface area contributed by atoms with Crippen LogP contribution in [0.5, 0.6) is 11.5 Å². The summed E-state index contributed by atoms with van der Waals surface area (Å²) in [5, 5.41) is 19.5. The van der Waals surface area contributed by atoms with Crippen LogP contribution in [-0.4, -0.2) is 60.0 Å². The van der Waals surface area contributed by atoms with E-state index >= 15 is 0 Å². The fourth-order valence-corrected chi connectivity index (χ4v) is 4.79. The fraction of sp³-hybridized carbons (Fsp3) is 0.105. The van der Waals surface area contributed by atoms with Crippen molar-refractivity contribution in [3.63, 3.8) is 0 Å². The Morgan fingerprint density at radius 2 is 1.62 bits per heavy atom. The van der Waals surface area contributed by atoms with E-state index in [1.54, 1.807) is 0 Å². The number of phenolic OH excluding ortho intramolecular Hbond substituents is 1. The molecular weight excluding hydrogens is 557 g/mol. The maximum atomic E-state index is 12.1.